The Morgan fingerprint density at radius 3 is 2.00 bits per heavy atom. The number of ether oxygens (including phenoxy) is 3. The van der Waals surface area contributed by atoms with Crippen LogP contribution in [0.4, 0.5) is 0 Å². The van der Waals surface area contributed by atoms with Gasteiger partial charge in [-0.2, -0.15) is 0 Å². The molecule has 0 N–H and O–H groups in total. The first-order valence-corrected chi connectivity index (χ1v) is 10.7. The third kappa shape index (κ3) is 11.1. The molecule has 1 aromatic rings. The first kappa shape index (κ1) is 27.8. The van der Waals surface area contributed by atoms with Gasteiger partial charge < -0.3 is 18.8 Å². The van der Waals surface area contributed by atoms with Crippen LogP contribution in [0.3, 0.4) is 0 Å². The summed E-state index contributed by atoms with van der Waals surface area (Å²) in [4.78, 5) is 0. The number of hydrogen-bond acceptors (Lipinski definition) is 6. The van der Waals surface area contributed by atoms with E-state index in [9.17, 15) is 13.0 Å². The van der Waals surface area contributed by atoms with E-state index in [4.69, 9.17) is 14.2 Å². The van der Waals surface area contributed by atoms with Crippen molar-refractivity contribution >= 4 is 10.1 Å². The van der Waals surface area contributed by atoms with Crippen LogP contribution in [0.5, 0.6) is 5.75 Å². The second kappa shape index (κ2) is 11.9. The van der Waals surface area contributed by atoms with Crippen molar-refractivity contribution in [1.82, 2.24) is 0 Å². The maximum atomic E-state index is 10.7. The molecular weight excluding hydrogens is 391 g/mol. The summed E-state index contributed by atoms with van der Waals surface area (Å²) in [6.07, 6.45) is 1.09. The van der Waals surface area contributed by atoms with Gasteiger partial charge in [-0.15, -0.1) is 0 Å². The Balaban J connectivity index is 0.00000729. The molecule has 0 fully saturated rings. The molecule has 0 aromatic heterocycles. The molecule has 0 saturated carbocycles. The summed E-state index contributed by atoms with van der Waals surface area (Å²) in [6, 6.07) is 8.12. The van der Waals surface area contributed by atoms with Crippen LogP contribution in [-0.4, -0.2) is 44.8 Å². The fourth-order valence-corrected chi connectivity index (χ4v) is 3.37. The van der Waals surface area contributed by atoms with Crippen molar-refractivity contribution in [3.63, 3.8) is 0 Å². The topological polar surface area (TPSA) is 84.9 Å². The molecule has 28 heavy (non-hydrogen) atoms. The van der Waals surface area contributed by atoms with Gasteiger partial charge in [0.15, 0.2) is 0 Å². The van der Waals surface area contributed by atoms with Crippen LogP contribution in [0, 0.1) is 5.41 Å². The van der Waals surface area contributed by atoms with E-state index in [1.54, 1.807) is 0 Å². The van der Waals surface area contributed by atoms with E-state index in [1.165, 1.54) is 12.5 Å². The Bertz CT molecular complexity index is 665. The smallest absolute Gasteiger partial charge is 0.746 e. The van der Waals surface area contributed by atoms with Crippen LogP contribution in [0.2, 0.25) is 0 Å². The van der Waals surface area contributed by atoms with Gasteiger partial charge in [-0.1, -0.05) is 46.8 Å². The Hall–Kier alpha value is -0.150. The van der Waals surface area contributed by atoms with Crippen molar-refractivity contribution in [2.24, 2.45) is 5.41 Å². The van der Waals surface area contributed by atoms with Crippen molar-refractivity contribution in [3.8, 4) is 5.75 Å². The van der Waals surface area contributed by atoms with Crippen molar-refractivity contribution < 1.29 is 56.7 Å². The van der Waals surface area contributed by atoms with E-state index in [0.29, 0.717) is 13.2 Å². The summed E-state index contributed by atoms with van der Waals surface area (Å²) in [5.41, 5.74) is 0.267. The molecule has 0 aliphatic heterocycles. The molecule has 0 bridgehead atoms. The fraction of sp³-hybridized carbons (Fsp3) is 0.700. The quantitative estimate of drug-likeness (QED) is 0.295. The molecule has 1 rings (SSSR count). The van der Waals surface area contributed by atoms with Gasteiger partial charge in [0.05, 0.1) is 19.8 Å². The maximum Gasteiger partial charge on any atom is 1.00 e. The number of hydrogen-bond donors (Lipinski definition) is 0. The van der Waals surface area contributed by atoms with E-state index in [1.807, 2.05) is 12.1 Å². The molecule has 1 unspecified atom stereocenters. The number of benzene rings is 1. The Morgan fingerprint density at radius 1 is 0.964 bits per heavy atom. The van der Waals surface area contributed by atoms with E-state index >= 15 is 0 Å². The Labute approximate surface area is 192 Å². The standard InChI is InChI=1S/C20H34O6S.Na/c1-16(27(21,22)23)25-13-11-24-12-14-26-18-9-7-17(8-10-18)20(5,6)15-19(2,3)4;/h7-10,16H,11-15H2,1-6H3,(H,21,22,23);/q;+1/p-1. The third-order valence-corrected chi connectivity index (χ3v) is 5.04. The van der Waals surface area contributed by atoms with E-state index in [2.05, 4.69) is 46.8 Å². The molecule has 0 amide bonds. The molecule has 156 valence electrons. The minimum atomic E-state index is -4.41. The molecule has 1 atom stereocenters. The molecule has 0 aliphatic rings. The van der Waals surface area contributed by atoms with Crippen LogP contribution in [0.15, 0.2) is 24.3 Å². The Kier molecular flexibility index (Phi) is 11.8. The van der Waals surface area contributed by atoms with Gasteiger partial charge in [0.25, 0.3) is 0 Å². The molecular formula is C20H33NaO6S. The average molecular weight is 425 g/mol. The summed E-state index contributed by atoms with van der Waals surface area (Å²) < 4.78 is 47.8. The van der Waals surface area contributed by atoms with Crippen LogP contribution in [0.25, 0.3) is 0 Å². The second-order valence-corrected chi connectivity index (χ2v) is 10.2. The largest absolute Gasteiger partial charge is 1.00 e. The Morgan fingerprint density at radius 2 is 1.50 bits per heavy atom. The van der Waals surface area contributed by atoms with Crippen LogP contribution in [0.1, 0.15) is 53.5 Å². The van der Waals surface area contributed by atoms with E-state index in [-0.39, 0.29) is 53.6 Å². The average Bonchev–Trinajstić information content (AvgIpc) is 2.51. The molecule has 0 aliphatic carbocycles. The molecule has 0 saturated heterocycles. The van der Waals surface area contributed by atoms with Crippen LogP contribution in [-0.2, 0) is 25.0 Å². The third-order valence-electron chi connectivity index (χ3n) is 4.09. The summed E-state index contributed by atoms with van der Waals surface area (Å²) in [5, 5.41) is 0. The predicted octanol–water partition coefficient (Wildman–Crippen LogP) is 0.708. The summed E-state index contributed by atoms with van der Waals surface area (Å²) >= 11 is 0. The van der Waals surface area contributed by atoms with Gasteiger partial charge in [-0.3, -0.25) is 0 Å². The summed E-state index contributed by atoms with van der Waals surface area (Å²) in [5.74, 6) is 0.774. The molecule has 0 spiro atoms. The van der Waals surface area contributed by atoms with E-state index in [0.717, 1.165) is 12.2 Å². The van der Waals surface area contributed by atoms with Gasteiger partial charge >= 0.3 is 29.6 Å². The van der Waals surface area contributed by atoms with Crippen molar-refractivity contribution in [3.05, 3.63) is 29.8 Å². The second-order valence-electron chi connectivity index (χ2n) is 8.54. The zero-order chi connectivity index (χ0) is 20.7. The SMILES string of the molecule is CC(OCCOCCOc1ccc(C(C)(C)CC(C)(C)C)cc1)S(=O)(=O)[O-].[Na+]. The summed E-state index contributed by atoms with van der Waals surface area (Å²) in [7, 11) is -4.41. The first-order valence-electron chi connectivity index (χ1n) is 9.19. The van der Waals surface area contributed by atoms with Crippen molar-refractivity contribution in [1.29, 1.82) is 0 Å². The molecule has 1 aromatic carbocycles. The van der Waals surface area contributed by atoms with E-state index < -0.39 is 15.6 Å². The first-order chi connectivity index (χ1) is 12.3. The van der Waals surface area contributed by atoms with Gasteiger partial charge in [-0.25, -0.2) is 8.42 Å². The minimum Gasteiger partial charge on any atom is -0.746 e. The van der Waals surface area contributed by atoms with Crippen molar-refractivity contribution in [2.75, 3.05) is 26.4 Å². The molecule has 0 radical (unpaired) electrons. The minimum absolute atomic E-state index is 0. The normalized spacial score (nSPS) is 13.7. The summed E-state index contributed by atoms with van der Waals surface area (Å²) in [6.45, 7) is 13.4. The maximum absolute atomic E-state index is 10.7. The molecule has 6 nitrogen and oxygen atoms in total. The van der Waals surface area contributed by atoms with Crippen LogP contribution >= 0.6 is 0 Å². The van der Waals surface area contributed by atoms with Gasteiger partial charge in [0.2, 0.25) is 0 Å². The molecule has 8 heteroatoms. The number of rotatable bonds is 11. The fourth-order valence-electron chi connectivity index (χ4n) is 3.11. The van der Waals surface area contributed by atoms with Crippen LogP contribution < -0.4 is 34.3 Å². The van der Waals surface area contributed by atoms with Gasteiger partial charge in [0.1, 0.15) is 27.9 Å². The van der Waals surface area contributed by atoms with Gasteiger partial charge in [-0.05, 0) is 41.9 Å². The predicted molar refractivity (Wildman–Crippen MR) is 105 cm³/mol. The monoisotopic (exact) mass is 424 g/mol. The van der Waals surface area contributed by atoms with Gasteiger partial charge in [0, 0.05) is 0 Å². The zero-order valence-electron chi connectivity index (χ0n) is 18.3. The molecule has 0 heterocycles. The zero-order valence-corrected chi connectivity index (χ0v) is 21.1. The van der Waals surface area contributed by atoms with Crippen molar-refractivity contribution in [2.45, 2.75) is 58.8 Å².